The van der Waals surface area contributed by atoms with Gasteiger partial charge in [-0.1, -0.05) is 27.7 Å². The van der Waals surface area contributed by atoms with Gasteiger partial charge in [-0.25, -0.2) is 0 Å². The second-order valence-corrected chi connectivity index (χ2v) is 6.86. The molecule has 0 amide bonds. The first-order valence-electron chi connectivity index (χ1n) is 6.43. The van der Waals surface area contributed by atoms with Crippen molar-refractivity contribution < 1.29 is 0 Å². The fraction of sp³-hybridized carbons (Fsp3) is 1.00. The molecule has 0 aliphatic carbocycles. The quantitative estimate of drug-likeness (QED) is 0.460. The molecule has 0 atom stereocenters. The van der Waals surface area contributed by atoms with Crippen LogP contribution >= 0.6 is 7.92 Å². The van der Waals surface area contributed by atoms with Crippen LogP contribution < -0.4 is 5.32 Å². The Morgan fingerprint density at radius 3 is 2.00 bits per heavy atom. The van der Waals surface area contributed by atoms with Crippen LogP contribution in [0.5, 0.6) is 0 Å². The van der Waals surface area contributed by atoms with Gasteiger partial charge in [0, 0.05) is 13.1 Å². The Morgan fingerprint density at radius 2 is 1.53 bits per heavy atom. The first-order valence-corrected chi connectivity index (χ1v) is 8.33. The SMILES string of the molecule is CCN(CC)CCNCCP(CC)CC. The van der Waals surface area contributed by atoms with Crippen LogP contribution in [-0.2, 0) is 0 Å². The van der Waals surface area contributed by atoms with E-state index in [-0.39, 0.29) is 0 Å². The first kappa shape index (κ1) is 15.3. The normalized spacial score (nSPS) is 11.6. The minimum absolute atomic E-state index is 0.328. The molecule has 15 heavy (non-hydrogen) atoms. The molecule has 92 valence electrons. The highest BCUT2D eigenvalue weighted by Gasteiger charge is 2.01. The predicted molar refractivity (Wildman–Crippen MR) is 73.5 cm³/mol. The summed E-state index contributed by atoms with van der Waals surface area (Å²) in [5, 5.41) is 3.56. The van der Waals surface area contributed by atoms with Crippen LogP contribution in [0.2, 0.25) is 0 Å². The molecule has 0 aromatic carbocycles. The molecule has 0 aliphatic heterocycles. The molecule has 0 radical (unpaired) electrons. The molecule has 0 fully saturated rings. The van der Waals surface area contributed by atoms with Crippen molar-refractivity contribution in [1.29, 1.82) is 0 Å². The molecule has 3 heteroatoms. The van der Waals surface area contributed by atoms with E-state index >= 15 is 0 Å². The van der Waals surface area contributed by atoms with E-state index in [1.165, 1.54) is 44.7 Å². The van der Waals surface area contributed by atoms with Gasteiger partial charge in [0.25, 0.3) is 0 Å². The molecule has 1 N–H and O–H groups in total. The Bertz CT molecular complexity index is 109. The minimum atomic E-state index is 0.328. The van der Waals surface area contributed by atoms with E-state index in [4.69, 9.17) is 0 Å². The van der Waals surface area contributed by atoms with Gasteiger partial charge in [-0.05, 0) is 38.1 Å². The second-order valence-electron chi connectivity index (χ2n) is 3.80. The van der Waals surface area contributed by atoms with Crippen molar-refractivity contribution in [3.8, 4) is 0 Å². The molecule has 0 saturated carbocycles. The summed E-state index contributed by atoms with van der Waals surface area (Å²) >= 11 is 0. The van der Waals surface area contributed by atoms with Gasteiger partial charge in [0.05, 0.1) is 0 Å². The van der Waals surface area contributed by atoms with Crippen LogP contribution in [0, 0.1) is 0 Å². The van der Waals surface area contributed by atoms with E-state index in [0.29, 0.717) is 7.92 Å². The third-order valence-electron chi connectivity index (χ3n) is 3.00. The average molecular weight is 232 g/mol. The fourth-order valence-electron chi connectivity index (χ4n) is 1.68. The van der Waals surface area contributed by atoms with Crippen molar-refractivity contribution >= 4 is 7.92 Å². The lowest BCUT2D eigenvalue weighted by molar-refractivity contribution is 0.303. The van der Waals surface area contributed by atoms with E-state index in [2.05, 4.69) is 37.9 Å². The van der Waals surface area contributed by atoms with Crippen LogP contribution in [0.4, 0.5) is 0 Å². The van der Waals surface area contributed by atoms with Gasteiger partial charge in [0.2, 0.25) is 0 Å². The van der Waals surface area contributed by atoms with Crippen LogP contribution in [0.25, 0.3) is 0 Å². The Kier molecular flexibility index (Phi) is 11.1. The number of likely N-dealkylation sites (N-methyl/N-ethyl adjacent to an activating group) is 1. The van der Waals surface area contributed by atoms with Gasteiger partial charge in [-0.15, -0.1) is 7.92 Å². The summed E-state index contributed by atoms with van der Waals surface area (Å²) in [6, 6.07) is 0. The van der Waals surface area contributed by atoms with E-state index < -0.39 is 0 Å². The Balaban J connectivity index is 3.30. The molecule has 0 rings (SSSR count). The predicted octanol–water partition coefficient (Wildman–Crippen LogP) is 2.44. The molecular formula is C12H29N2P. The number of hydrogen-bond acceptors (Lipinski definition) is 2. The van der Waals surface area contributed by atoms with Crippen LogP contribution in [-0.4, -0.2) is 56.1 Å². The summed E-state index contributed by atoms with van der Waals surface area (Å²) < 4.78 is 0. The minimum Gasteiger partial charge on any atom is -0.315 e. The molecule has 0 saturated heterocycles. The topological polar surface area (TPSA) is 15.3 Å². The molecule has 0 heterocycles. The summed E-state index contributed by atoms with van der Waals surface area (Å²) in [6.45, 7) is 15.0. The van der Waals surface area contributed by atoms with Crippen molar-refractivity contribution in [2.45, 2.75) is 27.7 Å². The highest BCUT2D eigenvalue weighted by atomic mass is 31.1. The Labute approximate surface area is 97.6 Å². The Morgan fingerprint density at radius 1 is 0.933 bits per heavy atom. The second kappa shape index (κ2) is 10.9. The van der Waals surface area contributed by atoms with E-state index in [1.807, 2.05) is 0 Å². The van der Waals surface area contributed by atoms with Crippen LogP contribution in [0.15, 0.2) is 0 Å². The molecule has 0 bridgehead atoms. The summed E-state index contributed by atoms with van der Waals surface area (Å²) in [6.07, 6.45) is 4.19. The van der Waals surface area contributed by atoms with Crippen LogP contribution in [0.1, 0.15) is 27.7 Å². The Hall–Kier alpha value is 0.350. The highest BCUT2D eigenvalue weighted by Crippen LogP contribution is 2.32. The zero-order chi connectivity index (χ0) is 11.5. The van der Waals surface area contributed by atoms with Gasteiger partial charge in [-0.2, -0.15) is 0 Å². The number of rotatable bonds is 10. The van der Waals surface area contributed by atoms with Crippen LogP contribution in [0.3, 0.4) is 0 Å². The maximum atomic E-state index is 3.56. The van der Waals surface area contributed by atoms with Crippen molar-refractivity contribution in [1.82, 2.24) is 10.2 Å². The zero-order valence-corrected chi connectivity index (χ0v) is 11.9. The van der Waals surface area contributed by atoms with E-state index in [0.717, 1.165) is 6.54 Å². The zero-order valence-electron chi connectivity index (χ0n) is 11.1. The van der Waals surface area contributed by atoms with Crippen molar-refractivity contribution in [3.05, 3.63) is 0 Å². The molecule has 0 unspecified atom stereocenters. The van der Waals surface area contributed by atoms with Gasteiger partial charge < -0.3 is 10.2 Å². The molecule has 0 aliphatic rings. The number of nitrogens with one attached hydrogen (secondary N) is 1. The van der Waals surface area contributed by atoms with Gasteiger partial charge in [-0.3, -0.25) is 0 Å². The van der Waals surface area contributed by atoms with Crippen molar-refractivity contribution in [2.75, 3.05) is 51.2 Å². The lowest BCUT2D eigenvalue weighted by Gasteiger charge is -2.19. The summed E-state index contributed by atoms with van der Waals surface area (Å²) in [5.41, 5.74) is 0. The molecule has 2 nitrogen and oxygen atoms in total. The summed E-state index contributed by atoms with van der Waals surface area (Å²) in [4.78, 5) is 2.47. The van der Waals surface area contributed by atoms with Gasteiger partial charge in [0.15, 0.2) is 0 Å². The number of hydrogen-bond donors (Lipinski definition) is 1. The largest absolute Gasteiger partial charge is 0.315 e. The third kappa shape index (κ3) is 8.19. The number of nitrogens with zero attached hydrogens (tertiary/aromatic N) is 1. The standard InChI is InChI=1S/C12H29N2P/c1-5-14(6-2)11-9-13-10-12-15(7-3)8-4/h13H,5-12H2,1-4H3. The van der Waals surface area contributed by atoms with Gasteiger partial charge in [0.1, 0.15) is 0 Å². The van der Waals surface area contributed by atoms with Crippen molar-refractivity contribution in [3.63, 3.8) is 0 Å². The molecule has 0 aromatic heterocycles. The average Bonchev–Trinajstić information content (AvgIpc) is 2.29. The summed E-state index contributed by atoms with van der Waals surface area (Å²) in [7, 11) is 0.328. The maximum absolute atomic E-state index is 3.56. The first-order chi connectivity index (χ1) is 7.28. The monoisotopic (exact) mass is 232 g/mol. The lowest BCUT2D eigenvalue weighted by atomic mass is 10.4. The maximum Gasteiger partial charge on any atom is 0.0107 e. The van der Waals surface area contributed by atoms with E-state index in [1.54, 1.807) is 0 Å². The van der Waals surface area contributed by atoms with E-state index in [9.17, 15) is 0 Å². The molecule has 0 aromatic rings. The van der Waals surface area contributed by atoms with Gasteiger partial charge >= 0.3 is 0 Å². The smallest absolute Gasteiger partial charge is 0.0107 e. The lowest BCUT2D eigenvalue weighted by Crippen LogP contribution is -2.32. The molecular weight excluding hydrogens is 203 g/mol. The summed E-state index contributed by atoms with van der Waals surface area (Å²) in [5.74, 6) is 0. The third-order valence-corrected chi connectivity index (χ3v) is 5.64. The highest BCUT2D eigenvalue weighted by molar-refractivity contribution is 7.57. The fourth-order valence-corrected chi connectivity index (χ4v) is 3.23. The van der Waals surface area contributed by atoms with Crippen molar-refractivity contribution in [2.24, 2.45) is 0 Å². The molecule has 0 spiro atoms.